The molecule has 1 unspecified atom stereocenters. The molecule has 0 saturated heterocycles. The fraction of sp³-hybridized carbons (Fsp3) is 0.214. The monoisotopic (exact) mass is 212 g/mol. The summed E-state index contributed by atoms with van der Waals surface area (Å²) in [6.07, 6.45) is 3.68. The van der Waals surface area contributed by atoms with Crippen LogP contribution in [0.5, 0.6) is 0 Å². The van der Waals surface area contributed by atoms with Crippen molar-refractivity contribution in [2.24, 2.45) is 0 Å². The fourth-order valence-electron chi connectivity index (χ4n) is 1.66. The first-order valence-corrected chi connectivity index (χ1v) is 5.49. The minimum atomic E-state index is 0.392. The van der Waals surface area contributed by atoms with E-state index in [-0.39, 0.29) is 0 Å². The molecule has 1 aromatic carbocycles. The van der Waals surface area contributed by atoms with E-state index in [9.17, 15) is 0 Å². The van der Waals surface area contributed by atoms with Gasteiger partial charge >= 0.3 is 0 Å². The highest BCUT2D eigenvalue weighted by molar-refractivity contribution is 5.62. The van der Waals surface area contributed by atoms with Gasteiger partial charge in [0.05, 0.1) is 0 Å². The summed E-state index contributed by atoms with van der Waals surface area (Å²) in [6, 6.07) is 13.0. The van der Waals surface area contributed by atoms with E-state index in [1.165, 1.54) is 11.1 Å². The molecule has 0 spiro atoms. The summed E-state index contributed by atoms with van der Waals surface area (Å²) < 4.78 is 0. The maximum atomic E-state index is 4.12. The van der Waals surface area contributed by atoms with Crippen LogP contribution in [0.15, 0.2) is 48.8 Å². The van der Waals surface area contributed by atoms with E-state index in [0.29, 0.717) is 6.04 Å². The quantitative estimate of drug-likeness (QED) is 0.846. The molecule has 1 atom stereocenters. The molecule has 0 aliphatic heterocycles. The van der Waals surface area contributed by atoms with Crippen LogP contribution in [0.1, 0.15) is 18.5 Å². The molecule has 1 heterocycles. The SMILES string of the molecule is CNC(C)c1ccc(-c2cccnc2)cc1. The summed E-state index contributed by atoms with van der Waals surface area (Å²) in [6.45, 7) is 2.15. The number of hydrogen-bond donors (Lipinski definition) is 1. The molecule has 82 valence electrons. The number of hydrogen-bond acceptors (Lipinski definition) is 2. The lowest BCUT2D eigenvalue weighted by Gasteiger charge is -2.11. The van der Waals surface area contributed by atoms with Crippen LogP contribution in [0.3, 0.4) is 0 Å². The standard InChI is InChI=1S/C14H16N2/c1-11(15-2)12-5-7-13(8-6-12)14-4-3-9-16-10-14/h3-11,15H,1-2H3. The smallest absolute Gasteiger partial charge is 0.0346 e. The lowest BCUT2D eigenvalue weighted by molar-refractivity contribution is 0.652. The third-order valence-corrected chi connectivity index (χ3v) is 2.84. The van der Waals surface area contributed by atoms with E-state index < -0.39 is 0 Å². The van der Waals surface area contributed by atoms with Crippen molar-refractivity contribution in [3.8, 4) is 11.1 Å². The second-order valence-corrected chi connectivity index (χ2v) is 3.87. The maximum Gasteiger partial charge on any atom is 0.0346 e. The summed E-state index contributed by atoms with van der Waals surface area (Å²) in [5.74, 6) is 0. The van der Waals surface area contributed by atoms with Gasteiger partial charge in [0.1, 0.15) is 0 Å². The zero-order valence-corrected chi connectivity index (χ0v) is 9.64. The third kappa shape index (κ3) is 2.28. The first-order chi connectivity index (χ1) is 7.81. The number of nitrogens with zero attached hydrogens (tertiary/aromatic N) is 1. The van der Waals surface area contributed by atoms with E-state index in [0.717, 1.165) is 5.56 Å². The summed E-state index contributed by atoms with van der Waals surface area (Å²) in [5, 5.41) is 3.23. The van der Waals surface area contributed by atoms with Crippen LogP contribution in [-0.4, -0.2) is 12.0 Å². The highest BCUT2D eigenvalue weighted by Gasteiger charge is 2.02. The summed E-state index contributed by atoms with van der Waals surface area (Å²) >= 11 is 0. The molecular weight excluding hydrogens is 196 g/mol. The van der Waals surface area contributed by atoms with Gasteiger partial charge in [-0.05, 0) is 36.7 Å². The summed E-state index contributed by atoms with van der Waals surface area (Å²) in [4.78, 5) is 4.12. The predicted octanol–water partition coefficient (Wildman–Crippen LogP) is 3.03. The molecule has 0 radical (unpaired) electrons. The van der Waals surface area contributed by atoms with Crippen molar-refractivity contribution in [2.75, 3.05) is 7.05 Å². The molecule has 0 amide bonds. The van der Waals surface area contributed by atoms with E-state index in [1.807, 2.05) is 19.3 Å². The van der Waals surface area contributed by atoms with Crippen molar-refractivity contribution in [3.63, 3.8) is 0 Å². The van der Waals surface area contributed by atoms with Gasteiger partial charge in [-0.3, -0.25) is 4.98 Å². The van der Waals surface area contributed by atoms with Crippen molar-refractivity contribution >= 4 is 0 Å². The van der Waals surface area contributed by atoms with Gasteiger partial charge < -0.3 is 5.32 Å². The summed E-state index contributed by atoms with van der Waals surface area (Å²) in [7, 11) is 1.97. The highest BCUT2D eigenvalue weighted by atomic mass is 14.8. The van der Waals surface area contributed by atoms with Gasteiger partial charge in [0.15, 0.2) is 0 Å². The normalized spacial score (nSPS) is 12.4. The average molecular weight is 212 g/mol. The Morgan fingerprint density at radius 2 is 1.81 bits per heavy atom. The van der Waals surface area contributed by atoms with Crippen LogP contribution in [0.25, 0.3) is 11.1 Å². The Labute approximate surface area is 96.4 Å². The van der Waals surface area contributed by atoms with Gasteiger partial charge in [-0.1, -0.05) is 30.3 Å². The minimum absolute atomic E-state index is 0.392. The Morgan fingerprint density at radius 3 is 2.38 bits per heavy atom. The zero-order valence-electron chi connectivity index (χ0n) is 9.64. The molecule has 16 heavy (non-hydrogen) atoms. The minimum Gasteiger partial charge on any atom is -0.313 e. The topological polar surface area (TPSA) is 24.9 Å². The predicted molar refractivity (Wildman–Crippen MR) is 67.1 cm³/mol. The van der Waals surface area contributed by atoms with Crippen LogP contribution in [0.2, 0.25) is 0 Å². The van der Waals surface area contributed by atoms with Crippen LogP contribution in [-0.2, 0) is 0 Å². The summed E-state index contributed by atoms with van der Waals surface area (Å²) in [5.41, 5.74) is 3.67. The van der Waals surface area contributed by atoms with Gasteiger partial charge in [0.25, 0.3) is 0 Å². The van der Waals surface area contributed by atoms with Gasteiger partial charge in [0.2, 0.25) is 0 Å². The van der Waals surface area contributed by atoms with Gasteiger partial charge in [0, 0.05) is 18.4 Å². The number of rotatable bonds is 3. The lowest BCUT2D eigenvalue weighted by atomic mass is 10.0. The molecule has 1 N–H and O–H groups in total. The Balaban J connectivity index is 2.26. The Hall–Kier alpha value is -1.67. The number of nitrogens with one attached hydrogen (secondary N) is 1. The molecule has 0 fully saturated rings. The zero-order chi connectivity index (χ0) is 11.4. The molecule has 0 aliphatic rings. The molecular formula is C14H16N2. The van der Waals surface area contributed by atoms with Crippen molar-refractivity contribution in [3.05, 3.63) is 54.4 Å². The van der Waals surface area contributed by atoms with Gasteiger partial charge in [-0.25, -0.2) is 0 Å². The molecule has 0 bridgehead atoms. The van der Waals surface area contributed by atoms with Crippen LogP contribution >= 0.6 is 0 Å². The molecule has 0 saturated carbocycles. The number of benzene rings is 1. The molecule has 2 rings (SSSR count). The average Bonchev–Trinajstić information content (AvgIpc) is 2.39. The van der Waals surface area contributed by atoms with Crippen LogP contribution < -0.4 is 5.32 Å². The lowest BCUT2D eigenvalue weighted by Crippen LogP contribution is -2.11. The van der Waals surface area contributed by atoms with E-state index in [2.05, 4.69) is 47.6 Å². The van der Waals surface area contributed by atoms with Crippen molar-refractivity contribution in [1.82, 2.24) is 10.3 Å². The van der Waals surface area contributed by atoms with Crippen molar-refractivity contribution in [2.45, 2.75) is 13.0 Å². The van der Waals surface area contributed by atoms with E-state index in [1.54, 1.807) is 6.20 Å². The van der Waals surface area contributed by atoms with E-state index >= 15 is 0 Å². The second kappa shape index (κ2) is 4.90. The van der Waals surface area contributed by atoms with Gasteiger partial charge in [-0.15, -0.1) is 0 Å². The highest BCUT2D eigenvalue weighted by Crippen LogP contribution is 2.20. The van der Waals surface area contributed by atoms with Crippen LogP contribution in [0, 0.1) is 0 Å². The van der Waals surface area contributed by atoms with Crippen LogP contribution in [0.4, 0.5) is 0 Å². The van der Waals surface area contributed by atoms with E-state index in [4.69, 9.17) is 0 Å². The second-order valence-electron chi connectivity index (χ2n) is 3.87. The number of pyridine rings is 1. The first-order valence-electron chi connectivity index (χ1n) is 5.49. The Kier molecular flexibility index (Phi) is 3.32. The Bertz CT molecular complexity index is 434. The largest absolute Gasteiger partial charge is 0.313 e. The Morgan fingerprint density at radius 1 is 1.06 bits per heavy atom. The molecule has 1 aromatic heterocycles. The fourth-order valence-corrected chi connectivity index (χ4v) is 1.66. The van der Waals surface area contributed by atoms with Crippen molar-refractivity contribution in [1.29, 1.82) is 0 Å². The molecule has 0 aliphatic carbocycles. The molecule has 2 heteroatoms. The molecule has 2 aromatic rings. The van der Waals surface area contributed by atoms with Crippen molar-refractivity contribution < 1.29 is 0 Å². The first kappa shape index (κ1) is 10.8. The molecule has 2 nitrogen and oxygen atoms in total. The maximum absolute atomic E-state index is 4.12. The third-order valence-electron chi connectivity index (χ3n) is 2.84. The van der Waals surface area contributed by atoms with Gasteiger partial charge in [-0.2, -0.15) is 0 Å². The number of aromatic nitrogens is 1.